The lowest BCUT2D eigenvalue weighted by Gasteiger charge is -2.17. The molecule has 8 heteroatoms. The number of Topliss-reactive ketones (excluding diaryl/α,β-unsaturated/α-hetero) is 2. The number of aryl methyl sites for hydroxylation is 1. The zero-order valence-corrected chi connectivity index (χ0v) is 21.0. The van der Waals surface area contributed by atoms with E-state index in [-0.39, 0.29) is 54.6 Å². The van der Waals surface area contributed by atoms with Crippen molar-refractivity contribution < 1.29 is 23.9 Å². The first kappa shape index (κ1) is 29.0. The van der Waals surface area contributed by atoms with Gasteiger partial charge in [-0.25, -0.2) is 4.79 Å². The number of nitrogens with zero attached hydrogens (tertiary/aromatic N) is 1. The van der Waals surface area contributed by atoms with Gasteiger partial charge >= 0.3 is 5.97 Å². The molecule has 188 valence electrons. The molecule has 0 spiro atoms. The molecule has 0 aromatic carbocycles. The van der Waals surface area contributed by atoms with Crippen LogP contribution in [-0.2, 0) is 36.9 Å². The van der Waals surface area contributed by atoms with E-state index in [1.165, 1.54) is 17.6 Å². The standard InChI is InChI=1S/C26H38N2O6/c1-6-34-25(32)13-8-7-12-23(27-20(5)29)24(31)16-21-15-14-19(4)28(26(21)33)17-22(30)11-9-10-18(2)3/h8,13-15,18,23H,6-7,9-12,16-17H2,1-5H3,(H,27,29)/b13-8+/t23-/m0/s1. The summed E-state index contributed by atoms with van der Waals surface area (Å²) in [6.07, 6.45) is 5.52. The lowest BCUT2D eigenvalue weighted by atomic mass is 10.00. The summed E-state index contributed by atoms with van der Waals surface area (Å²) in [4.78, 5) is 61.3. The Kier molecular flexibility index (Phi) is 12.8. The average Bonchev–Trinajstić information content (AvgIpc) is 2.75. The molecular formula is C26H38N2O6. The summed E-state index contributed by atoms with van der Waals surface area (Å²) in [5.74, 6) is -0.636. The molecule has 1 amide bonds. The van der Waals surface area contributed by atoms with Crippen LogP contribution in [-0.4, -0.2) is 40.7 Å². The molecule has 1 aromatic rings. The van der Waals surface area contributed by atoms with E-state index in [1.807, 2.05) is 0 Å². The van der Waals surface area contributed by atoms with Gasteiger partial charge in [0.15, 0.2) is 11.6 Å². The summed E-state index contributed by atoms with van der Waals surface area (Å²) < 4.78 is 6.22. The highest BCUT2D eigenvalue weighted by Gasteiger charge is 2.21. The van der Waals surface area contributed by atoms with Gasteiger partial charge in [-0.3, -0.25) is 19.2 Å². The Labute approximate surface area is 201 Å². The molecule has 0 radical (unpaired) electrons. The molecule has 0 fully saturated rings. The number of ether oxygens (including phenoxy) is 1. The smallest absolute Gasteiger partial charge is 0.330 e. The molecule has 0 aliphatic heterocycles. The SMILES string of the molecule is CCOC(=O)/C=C/CC[C@H](NC(C)=O)C(=O)Cc1ccc(C)n(CC(=O)CCCC(C)C)c1=O. The number of aromatic nitrogens is 1. The highest BCUT2D eigenvalue weighted by molar-refractivity contribution is 5.90. The lowest BCUT2D eigenvalue weighted by molar-refractivity contribution is -0.137. The van der Waals surface area contributed by atoms with Gasteiger partial charge < -0.3 is 14.6 Å². The van der Waals surface area contributed by atoms with E-state index in [1.54, 1.807) is 32.1 Å². The third-order valence-corrected chi connectivity index (χ3v) is 5.34. The second kappa shape index (κ2) is 15.0. The van der Waals surface area contributed by atoms with Crippen LogP contribution in [0, 0.1) is 12.8 Å². The minimum Gasteiger partial charge on any atom is -0.463 e. The van der Waals surface area contributed by atoms with E-state index in [4.69, 9.17) is 4.74 Å². The highest BCUT2D eigenvalue weighted by atomic mass is 16.5. The largest absolute Gasteiger partial charge is 0.463 e. The molecule has 8 nitrogen and oxygen atoms in total. The number of carbonyl (C=O) groups is 4. The Morgan fingerprint density at radius 3 is 2.47 bits per heavy atom. The molecule has 1 N–H and O–H groups in total. The highest BCUT2D eigenvalue weighted by Crippen LogP contribution is 2.09. The fourth-order valence-corrected chi connectivity index (χ4v) is 3.51. The summed E-state index contributed by atoms with van der Waals surface area (Å²) in [6, 6.07) is 2.53. The summed E-state index contributed by atoms with van der Waals surface area (Å²) >= 11 is 0. The topological polar surface area (TPSA) is 112 Å². The number of esters is 1. The fraction of sp³-hybridized carbons (Fsp3) is 0.577. The first-order valence-electron chi connectivity index (χ1n) is 11.9. The van der Waals surface area contributed by atoms with E-state index in [0.717, 1.165) is 12.8 Å². The van der Waals surface area contributed by atoms with Crippen LogP contribution >= 0.6 is 0 Å². The van der Waals surface area contributed by atoms with E-state index in [9.17, 15) is 24.0 Å². The van der Waals surface area contributed by atoms with Crippen LogP contribution in [0.4, 0.5) is 0 Å². The second-order valence-corrected chi connectivity index (χ2v) is 8.84. The average molecular weight is 475 g/mol. The van der Waals surface area contributed by atoms with E-state index in [2.05, 4.69) is 19.2 Å². The molecule has 0 aliphatic rings. The predicted molar refractivity (Wildman–Crippen MR) is 130 cm³/mol. The van der Waals surface area contributed by atoms with Crippen molar-refractivity contribution in [2.75, 3.05) is 6.61 Å². The van der Waals surface area contributed by atoms with Crippen LogP contribution in [0.1, 0.15) is 71.1 Å². The summed E-state index contributed by atoms with van der Waals surface area (Å²) in [5, 5.41) is 2.62. The van der Waals surface area contributed by atoms with Gasteiger partial charge in [0.25, 0.3) is 5.56 Å². The fourth-order valence-electron chi connectivity index (χ4n) is 3.51. The van der Waals surface area contributed by atoms with Crippen molar-refractivity contribution in [3.8, 4) is 0 Å². The molecule has 0 saturated carbocycles. The minimum absolute atomic E-state index is 0.0150. The van der Waals surface area contributed by atoms with Crippen LogP contribution in [0.3, 0.4) is 0 Å². The van der Waals surface area contributed by atoms with Gasteiger partial charge in [0, 0.05) is 37.1 Å². The number of nitrogens with one attached hydrogen (secondary N) is 1. The Balaban J connectivity index is 2.88. The molecule has 1 aromatic heterocycles. The van der Waals surface area contributed by atoms with Crippen LogP contribution in [0.25, 0.3) is 0 Å². The van der Waals surface area contributed by atoms with Crippen LogP contribution in [0.2, 0.25) is 0 Å². The predicted octanol–water partition coefficient (Wildman–Crippen LogP) is 3.07. The molecule has 0 unspecified atom stereocenters. The number of rotatable bonds is 15. The number of allylic oxidation sites excluding steroid dienone is 1. The quantitative estimate of drug-likeness (QED) is 0.309. The number of hydrogen-bond acceptors (Lipinski definition) is 6. The van der Waals surface area contributed by atoms with Crippen molar-refractivity contribution in [1.82, 2.24) is 9.88 Å². The third-order valence-electron chi connectivity index (χ3n) is 5.34. The number of pyridine rings is 1. The van der Waals surface area contributed by atoms with Crippen molar-refractivity contribution in [2.45, 2.75) is 85.7 Å². The molecule has 0 saturated heterocycles. The van der Waals surface area contributed by atoms with Crippen LogP contribution < -0.4 is 10.9 Å². The van der Waals surface area contributed by atoms with Gasteiger partial charge in [-0.15, -0.1) is 0 Å². The molecule has 1 heterocycles. The Morgan fingerprint density at radius 1 is 1.15 bits per heavy atom. The molecule has 34 heavy (non-hydrogen) atoms. The summed E-state index contributed by atoms with van der Waals surface area (Å²) in [6.45, 7) is 9.24. The van der Waals surface area contributed by atoms with Crippen molar-refractivity contribution in [3.63, 3.8) is 0 Å². The molecule has 0 aliphatic carbocycles. The number of amides is 1. The Bertz CT molecular complexity index is 945. The summed E-state index contributed by atoms with van der Waals surface area (Å²) in [5.41, 5.74) is 0.568. The zero-order valence-electron chi connectivity index (χ0n) is 21.0. The van der Waals surface area contributed by atoms with Gasteiger partial charge in [-0.05, 0) is 45.1 Å². The summed E-state index contributed by atoms with van der Waals surface area (Å²) in [7, 11) is 0. The first-order valence-corrected chi connectivity index (χ1v) is 11.9. The normalized spacial score (nSPS) is 12.1. The van der Waals surface area contributed by atoms with Crippen molar-refractivity contribution in [1.29, 1.82) is 0 Å². The number of carbonyl (C=O) groups excluding carboxylic acids is 4. The van der Waals surface area contributed by atoms with Gasteiger partial charge in [-0.1, -0.05) is 32.4 Å². The third kappa shape index (κ3) is 10.7. The van der Waals surface area contributed by atoms with Crippen molar-refractivity contribution in [3.05, 3.63) is 45.9 Å². The van der Waals surface area contributed by atoms with Crippen molar-refractivity contribution >= 4 is 23.4 Å². The molecule has 1 atom stereocenters. The van der Waals surface area contributed by atoms with Gasteiger partial charge in [-0.2, -0.15) is 0 Å². The molecular weight excluding hydrogens is 436 g/mol. The zero-order chi connectivity index (χ0) is 25.7. The molecule has 1 rings (SSSR count). The Hall–Kier alpha value is -3.03. The first-order chi connectivity index (χ1) is 16.0. The van der Waals surface area contributed by atoms with Gasteiger partial charge in [0.1, 0.15) is 0 Å². The van der Waals surface area contributed by atoms with E-state index in [0.29, 0.717) is 24.5 Å². The second-order valence-electron chi connectivity index (χ2n) is 8.84. The van der Waals surface area contributed by atoms with Crippen LogP contribution in [0.15, 0.2) is 29.1 Å². The monoisotopic (exact) mass is 474 g/mol. The minimum atomic E-state index is -0.795. The number of hydrogen-bond donors (Lipinski definition) is 1. The van der Waals surface area contributed by atoms with E-state index >= 15 is 0 Å². The lowest BCUT2D eigenvalue weighted by Crippen LogP contribution is -2.41. The molecule has 0 bridgehead atoms. The van der Waals surface area contributed by atoms with Gasteiger partial charge in [0.2, 0.25) is 5.91 Å². The Morgan fingerprint density at radius 2 is 1.85 bits per heavy atom. The van der Waals surface area contributed by atoms with Crippen molar-refractivity contribution in [2.24, 2.45) is 5.92 Å². The van der Waals surface area contributed by atoms with E-state index < -0.39 is 12.0 Å². The maximum atomic E-state index is 13.0. The van der Waals surface area contributed by atoms with Crippen LogP contribution in [0.5, 0.6) is 0 Å². The maximum Gasteiger partial charge on any atom is 0.330 e. The van der Waals surface area contributed by atoms with Gasteiger partial charge in [0.05, 0.1) is 19.2 Å². The maximum absolute atomic E-state index is 13.0. The number of ketones is 2.